The predicted octanol–water partition coefficient (Wildman–Crippen LogP) is 35.8. The molecule has 0 fully saturated rings. The highest BCUT2D eigenvalue weighted by Crippen LogP contribution is 2.71. The molecule has 141 heavy (non-hydrogen) atoms. The van der Waals surface area contributed by atoms with E-state index >= 15 is 13.2 Å². The van der Waals surface area contributed by atoms with E-state index in [2.05, 4.69) is 421 Å². The van der Waals surface area contributed by atoms with E-state index in [4.69, 9.17) is 0 Å². The van der Waals surface area contributed by atoms with Crippen LogP contribution in [0.5, 0.6) is 0 Å². The van der Waals surface area contributed by atoms with Gasteiger partial charge in [0.25, 0.3) is 0 Å². The van der Waals surface area contributed by atoms with E-state index in [9.17, 15) is 0 Å². The van der Waals surface area contributed by atoms with Gasteiger partial charge in [-0.05, 0) is 313 Å². The van der Waals surface area contributed by atoms with Gasteiger partial charge in [-0.1, -0.05) is 376 Å². The minimum Gasteiger partial charge on any atom is -0.310 e. The number of hydrogen-bond acceptors (Lipinski definition) is 3. The molecule has 0 saturated carbocycles. The molecule has 0 aromatic heterocycles. The summed E-state index contributed by atoms with van der Waals surface area (Å²) in [5, 5.41) is 13.1. The van der Waals surface area contributed by atoms with Gasteiger partial charge < -0.3 is 14.7 Å². The molecular formula is C135H80F3N3. The highest BCUT2D eigenvalue weighted by Gasteiger charge is 2.58. The van der Waals surface area contributed by atoms with Gasteiger partial charge in [0.2, 0.25) is 0 Å². The normalized spacial score (nSPS) is 13.7. The molecule has 3 spiro atoms. The zero-order valence-electron chi connectivity index (χ0n) is 76.2. The Morgan fingerprint density at radius 3 is 0.908 bits per heavy atom. The van der Waals surface area contributed by atoms with E-state index < -0.39 is 16.2 Å². The number of anilines is 9. The maximum absolute atomic E-state index is 17.9. The number of halogens is 3. The Labute approximate surface area is 812 Å². The summed E-state index contributed by atoms with van der Waals surface area (Å²) in [5.41, 5.74) is 37.5. The lowest BCUT2D eigenvalue weighted by Crippen LogP contribution is -2.26. The SMILES string of the molecule is Fc1ccc(N(c2ccccc2)c2cc3c(c4ccccc24)-c2ccc4c(-c5cccc(N(c6cccc(F)c6)c6cc7c(c8ccccc68)-c6ccc8c(-c9cccc(N(c%10ccccc%10F)c%10cc%11c(c%12ccccc%10%12)-c%10ccc%12ccccc%12c%10C%11%10c%11ccccc%11-c%11ccccc%11%10)c9)cccc8c6C76c7ccccc7-c7ccccc76)c5)cccc4c2C32c3ccccc3-c3ccccc32)cc1. The van der Waals surface area contributed by atoms with Crippen LogP contribution in [0.25, 0.3) is 154 Å². The van der Waals surface area contributed by atoms with E-state index in [0.717, 1.165) is 138 Å². The predicted molar refractivity (Wildman–Crippen MR) is 575 cm³/mol. The van der Waals surface area contributed by atoms with Crippen molar-refractivity contribution in [3.63, 3.8) is 0 Å². The highest BCUT2D eigenvalue weighted by atomic mass is 19.1. The van der Waals surface area contributed by atoms with Crippen LogP contribution in [0.4, 0.5) is 64.4 Å². The Morgan fingerprint density at radius 2 is 0.468 bits per heavy atom. The Morgan fingerprint density at radius 1 is 0.156 bits per heavy atom. The van der Waals surface area contributed by atoms with E-state index in [1.807, 2.05) is 42.5 Å². The summed E-state index contributed by atoms with van der Waals surface area (Å²) < 4.78 is 50.1. The standard InChI is InChI=1S/C135H80F3N3/c136-84-66-68-87(69-67-84)139(86-35-2-1-3-36-86)124-78-119-128(105-50-9-6-47-102(105)124)111-73-71-94-91(53-29-55-108(94)131(111)134(119)115-59-20-14-43-98(115)99-44-15-21-60-116(99)134)82-32-26-37-88(75-82)140(90-39-28-34-85(137)77-90)125-79-120-129(106-51-10-7-48-103(106)125)112-74-72-95-92(54-30-56-109(95)132(112)135(120)117-61-22-16-45-100(117)101-46-17-23-62-118(101)135)83-33-27-38-89(76-83)141(123-64-25-24-63-122(123)138)126-80-121-127(107-52-11-8-49-104(107)126)110-70-65-81-31-4-5-40-93(81)130(110)133(121)113-57-18-12-41-96(113)97-42-13-19-58-114(97)133/h1-80H. The molecule has 6 heteroatoms. The number of benzene rings is 24. The van der Waals surface area contributed by atoms with Crippen molar-refractivity contribution >= 4 is 116 Å². The molecule has 24 aromatic rings. The van der Waals surface area contributed by atoms with Gasteiger partial charge in [-0.3, -0.25) is 0 Å². The smallest absolute Gasteiger partial charge is 0.147 e. The van der Waals surface area contributed by atoms with Crippen molar-refractivity contribution < 1.29 is 13.2 Å². The van der Waals surface area contributed by atoms with E-state index in [-0.39, 0.29) is 17.5 Å². The molecule has 24 aromatic carbocycles. The van der Waals surface area contributed by atoms with Gasteiger partial charge in [-0.2, -0.15) is 0 Å². The topological polar surface area (TPSA) is 9.72 Å². The third-order valence-electron chi connectivity index (χ3n) is 31.9. The summed E-state index contributed by atoms with van der Waals surface area (Å²) in [5.74, 6) is -0.984. The second-order valence-corrected chi connectivity index (χ2v) is 38.5. The molecule has 0 heterocycles. The third kappa shape index (κ3) is 10.7. The van der Waals surface area contributed by atoms with Crippen molar-refractivity contribution in [1.29, 1.82) is 0 Å². The van der Waals surface area contributed by atoms with Gasteiger partial charge in [0.1, 0.15) is 17.5 Å². The number of rotatable bonds is 11. The minimum atomic E-state index is -0.912. The first-order chi connectivity index (χ1) is 69.7. The Hall–Kier alpha value is -18.0. The molecule has 6 aliphatic carbocycles. The third-order valence-corrected chi connectivity index (χ3v) is 31.9. The molecule has 0 radical (unpaired) electrons. The zero-order chi connectivity index (χ0) is 92.8. The molecule has 0 bridgehead atoms. The van der Waals surface area contributed by atoms with Crippen LogP contribution < -0.4 is 14.7 Å². The van der Waals surface area contributed by atoms with Crippen molar-refractivity contribution in [2.45, 2.75) is 16.2 Å². The van der Waals surface area contributed by atoms with Crippen molar-refractivity contribution in [3.8, 4) is 89.0 Å². The quantitative estimate of drug-likeness (QED) is 0.128. The van der Waals surface area contributed by atoms with Crippen LogP contribution in [0.2, 0.25) is 0 Å². The maximum atomic E-state index is 17.9. The lowest BCUT2D eigenvalue weighted by atomic mass is 9.69. The first-order valence-corrected chi connectivity index (χ1v) is 48.6. The molecule has 0 aliphatic heterocycles. The van der Waals surface area contributed by atoms with Crippen LogP contribution in [0.1, 0.15) is 66.8 Å². The van der Waals surface area contributed by atoms with E-state index in [1.165, 1.54) is 122 Å². The highest BCUT2D eigenvalue weighted by molar-refractivity contribution is 6.21. The summed E-state index contributed by atoms with van der Waals surface area (Å²) in [6.07, 6.45) is 0. The number of hydrogen-bond donors (Lipinski definition) is 0. The molecule has 3 nitrogen and oxygen atoms in total. The summed E-state index contributed by atoms with van der Waals surface area (Å²) in [6.45, 7) is 0. The second kappa shape index (κ2) is 29.8. The Balaban J connectivity index is 0.603. The Kier molecular flexibility index (Phi) is 16.7. The number of para-hydroxylation sites is 2. The van der Waals surface area contributed by atoms with Crippen molar-refractivity contribution in [3.05, 3.63) is 570 Å². The first kappa shape index (κ1) is 79.3. The molecule has 30 rings (SSSR count). The number of fused-ring (bicyclic) bond motifs is 42. The van der Waals surface area contributed by atoms with Crippen molar-refractivity contribution in [2.24, 2.45) is 0 Å². The lowest BCUT2D eigenvalue weighted by Gasteiger charge is -2.34. The van der Waals surface area contributed by atoms with E-state index in [1.54, 1.807) is 36.4 Å². The van der Waals surface area contributed by atoms with Gasteiger partial charge in [0.05, 0.1) is 39.0 Å². The first-order valence-electron chi connectivity index (χ1n) is 48.6. The minimum absolute atomic E-state index is 0.296. The molecule has 6 aliphatic rings. The maximum Gasteiger partial charge on any atom is 0.147 e. The fraction of sp³-hybridized carbons (Fsp3) is 0.0222. The van der Waals surface area contributed by atoms with Crippen LogP contribution >= 0.6 is 0 Å². The second-order valence-electron chi connectivity index (χ2n) is 38.5. The van der Waals surface area contributed by atoms with Crippen LogP contribution in [-0.2, 0) is 16.2 Å². The molecule has 0 N–H and O–H groups in total. The molecule has 0 saturated heterocycles. The fourth-order valence-electron chi connectivity index (χ4n) is 26.8. The van der Waals surface area contributed by atoms with Crippen LogP contribution in [0.15, 0.2) is 485 Å². The van der Waals surface area contributed by atoms with Gasteiger partial charge in [0, 0.05) is 44.6 Å². The average Bonchev–Trinajstić information content (AvgIpc) is 1.50. The van der Waals surface area contributed by atoms with E-state index in [0.29, 0.717) is 11.4 Å². The van der Waals surface area contributed by atoms with Crippen LogP contribution in [-0.4, -0.2) is 0 Å². The molecule has 656 valence electrons. The molecular weight excluding hydrogens is 1720 g/mol. The van der Waals surface area contributed by atoms with Gasteiger partial charge in [-0.25, -0.2) is 13.2 Å². The van der Waals surface area contributed by atoms with Gasteiger partial charge in [-0.15, -0.1) is 0 Å². The molecule has 0 amide bonds. The number of nitrogens with zero attached hydrogens (tertiary/aromatic N) is 3. The summed E-state index contributed by atoms with van der Waals surface area (Å²) in [4.78, 5) is 6.78. The fourth-order valence-corrected chi connectivity index (χ4v) is 26.8. The molecule has 0 atom stereocenters. The summed E-state index contributed by atoms with van der Waals surface area (Å²) in [6, 6.07) is 174. The summed E-state index contributed by atoms with van der Waals surface area (Å²) in [7, 11) is 0. The van der Waals surface area contributed by atoms with Crippen molar-refractivity contribution in [1.82, 2.24) is 0 Å². The van der Waals surface area contributed by atoms with Gasteiger partial charge >= 0.3 is 0 Å². The van der Waals surface area contributed by atoms with Crippen LogP contribution in [0, 0.1) is 17.5 Å². The Bertz CT molecular complexity index is 9470. The van der Waals surface area contributed by atoms with Gasteiger partial charge in [0.15, 0.2) is 0 Å². The monoisotopic (exact) mass is 1800 g/mol. The van der Waals surface area contributed by atoms with Crippen molar-refractivity contribution in [2.75, 3.05) is 14.7 Å². The average molecular weight is 1800 g/mol. The largest absolute Gasteiger partial charge is 0.310 e. The lowest BCUT2D eigenvalue weighted by molar-refractivity contribution is 0.627. The summed E-state index contributed by atoms with van der Waals surface area (Å²) >= 11 is 0. The molecule has 0 unspecified atom stereocenters. The van der Waals surface area contributed by atoms with Crippen LogP contribution in [0.3, 0.4) is 0 Å². The zero-order valence-corrected chi connectivity index (χ0v) is 76.2.